The third kappa shape index (κ3) is 2.79. The van der Waals surface area contributed by atoms with Gasteiger partial charge in [0.25, 0.3) is 0 Å². The summed E-state index contributed by atoms with van der Waals surface area (Å²) in [6.07, 6.45) is 0. The summed E-state index contributed by atoms with van der Waals surface area (Å²) >= 11 is 5.53. The molecule has 0 aliphatic rings. The molecule has 0 unspecified atom stereocenters. The second-order valence-corrected chi connectivity index (χ2v) is 3.01. The quantitative estimate of drug-likeness (QED) is 0.602. The molecule has 1 N–H and O–H groups in total. The van der Waals surface area contributed by atoms with Crippen LogP contribution in [0.15, 0.2) is 18.2 Å². The lowest BCUT2D eigenvalue weighted by molar-refractivity contribution is 0.390. The number of hydrogen-bond acceptors (Lipinski definition) is 3. The summed E-state index contributed by atoms with van der Waals surface area (Å²) < 4.78 is 10.3. The Hall–Kier alpha value is -0.930. The van der Waals surface area contributed by atoms with Crippen LogP contribution in [0.4, 0.5) is 0 Å². The molecule has 1 aromatic carbocycles. The molecule has 1 rings (SSSR count). The van der Waals surface area contributed by atoms with Crippen LogP contribution >= 0.6 is 11.6 Å². The van der Waals surface area contributed by atoms with Gasteiger partial charge in [0.05, 0.1) is 20.2 Å². The Labute approximate surface area is 89.0 Å². The van der Waals surface area contributed by atoms with E-state index < -0.39 is 0 Å². The summed E-state index contributed by atoms with van der Waals surface area (Å²) in [5.74, 6) is 1.60. The lowest BCUT2D eigenvalue weighted by Gasteiger charge is -2.09. The minimum absolute atomic E-state index is 0.426. The summed E-state index contributed by atoms with van der Waals surface area (Å²) in [4.78, 5) is 0. The second kappa shape index (κ2) is 5.73. The molecule has 78 valence electrons. The van der Waals surface area contributed by atoms with Gasteiger partial charge in [-0.25, -0.2) is 0 Å². The van der Waals surface area contributed by atoms with Gasteiger partial charge in [-0.2, -0.15) is 0 Å². The number of ether oxygens (including phenoxy) is 2. The van der Waals surface area contributed by atoms with Crippen molar-refractivity contribution in [1.82, 2.24) is 5.32 Å². The smallest absolute Gasteiger partial charge is 0.127 e. The van der Waals surface area contributed by atoms with Crippen LogP contribution in [0.25, 0.3) is 0 Å². The van der Waals surface area contributed by atoms with Crippen LogP contribution in [-0.4, -0.2) is 20.2 Å². The van der Waals surface area contributed by atoms with Crippen molar-refractivity contribution < 1.29 is 9.47 Å². The molecule has 0 saturated carbocycles. The van der Waals surface area contributed by atoms with Gasteiger partial charge in [-0.05, 0) is 6.07 Å². The van der Waals surface area contributed by atoms with Crippen LogP contribution in [0.2, 0.25) is 0 Å². The number of methoxy groups -OCH3 is 2. The molecule has 0 aromatic heterocycles. The molecule has 3 nitrogen and oxygen atoms in total. The molecule has 0 amide bonds. The molecule has 0 fully saturated rings. The maximum Gasteiger partial charge on any atom is 0.127 e. The SMILES string of the molecule is COc1ccc(CNCCl)c(OC)c1. The van der Waals surface area contributed by atoms with Crippen molar-refractivity contribution in [3.05, 3.63) is 23.8 Å². The predicted octanol–water partition coefficient (Wildman–Crippen LogP) is 1.99. The molecule has 0 aliphatic carbocycles. The normalized spacial score (nSPS) is 9.93. The van der Waals surface area contributed by atoms with Crippen molar-refractivity contribution in [3.63, 3.8) is 0 Å². The maximum atomic E-state index is 5.53. The third-order valence-corrected chi connectivity index (χ3v) is 2.09. The highest BCUT2D eigenvalue weighted by atomic mass is 35.5. The van der Waals surface area contributed by atoms with E-state index in [9.17, 15) is 0 Å². The summed E-state index contributed by atoms with van der Waals surface area (Å²) in [5.41, 5.74) is 1.06. The second-order valence-electron chi connectivity index (χ2n) is 2.74. The van der Waals surface area contributed by atoms with Gasteiger partial charge >= 0.3 is 0 Å². The van der Waals surface area contributed by atoms with Crippen LogP contribution in [0.5, 0.6) is 11.5 Å². The van der Waals surface area contributed by atoms with E-state index in [0.29, 0.717) is 12.5 Å². The summed E-state index contributed by atoms with van der Waals surface area (Å²) in [5, 5.41) is 3.02. The van der Waals surface area contributed by atoms with Crippen LogP contribution in [0, 0.1) is 0 Å². The first-order chi connectivity index (χ1) is 6.81. The van der Waals surface area contributed by atoms with Crippen LogP contribution in [-0.2, 0) is 6.54 Å². The van der Waals surface area contributed by atoms with Gasteiger partial charge in [0.1, 0.15) is 11.5 Å². The zero-order chi connectivity index (χ0) is 10.4. The van der Waals surface area contributed by atoms with E-state index >= 15 is 0 Å². The van der Waals surface area contributed by atoms with Crippen molar-refractivity contribution >= 4 is 11.6 Å². The maximum absolute atomic E-state index is 5.53. The Morgan fingerprint density at radius 3 is 2.64 bits per heavy atom. The number of benzene rings is 1. The van der Waals surface area contributed by atoms with E-state index in [0.717, 1.165) is 17.1 Å². The lowest BCUT2D eigenvalue weighted by atomic mass is 10.2. The zero-order valence-corrected chi connectivity index (χ0v) is 9.10. The highest BCUT2D eigenvalue weighted by Gasteiger charge is 2.03. The van der Waals surface area contributed by atoms with Gasteiger partial charge in [0.2, 0.25) is 0 Å². The van der Waals surface area contributed by atoms with Gasteiger partial charge in [-0.1, -0.05) is 6.07 Å². The molecule has 0 atom stereocenters. The van der Waals surface area contributed by atoms with Crippen molar-refractivity contribution in [3.8, 4) is 11.5 Å². The molecular formula is C10H14ClNO2. The minimum Gasteiger partial charge on any atom is -0.497 e. The first-order valence-electron chi connectivity index (χ1n) is 4.29. The van der Waals surface area contributed by atoms with E-state index in [1.165, 1.54) is 0 Å². The third-order valence-electron chi connectivity index (χ3n) is 1.90. The average Bonchev–Trinajstić information content (AvgIpc) is 2.26. The van der Waals surface area contributed by atoms with Gasteiger partial charge in [0, 0.05) is 18.2 Å². The molecule has 14 heavy (non-hydrogen) atoms. The molecule has 4 heteroatoms. The van der Waals surface area contributed by atoms with Crippen molar-refractivity contribution in [1.29, 1.82) is 0 Å². The van der Waals surface area contributed by atoms with Crippen LogP contribution in [0.1, 0.15) is 5.56 Å². The first-order valence-corrected chi connectivity index (χ1v) is 4.83. The molecule has 1 aromatic rings. The summed E-state index contributed by atoms with van der Waals surface area (Å²) in [7, 11) is 3.27. The Morgan fingerprint density at radius 2 is 2.07 bits per heavy atom. The number of nitrogens with one attached hydrogen (secondary N) is 1. The standard InChI is InChI=1S/C10H14ClNO2/c1-13-9-4-3-8(6-12-7-11)10(5-9)14-2/h3-5,12H,6-7H2,1-2H3. The van der Waals surface area contributed by atoms with E-state index in [-0.39, 0.29) is 0 Å². The van der Waals surface area contributed by atoms with Crippen LogP contribution in [0.3, 0.4) is 0 Å². The molecule has 0 saturated heterocycles. The number of hydrogen-bond donors (Lipinski definition) is 1. The summed E-state index contributed by atoms with van der Waals surface area (Å²) in [6.45, 7) is 0.691. The lowest BCUT2D eigenvalue weighted by Crippen LogP contribution is -2.11. The molecule has 0 aliphatic heterocycles. The molecule has 0 bridgehead atoms. The zero-order valence-electron chi connectivity index (χ0n) is 8.34. The number of halogens is 1. The van der Waals surface area contributed by atoms with Gasteiger partial charge in [0.15, 0.2) is 0 Å². The predicted molar refractivity (Wildman–Crippen MR) is 57.1 cm³/mol. The number of alkyl halides is 1. The summed E-state index contributed by atoms with van der Waals surface area (Å²) in [6, 6.07) is 6.13. The Bertz CT molecular complexity index is 291. The fourth-order valence-electron chi connectivity index (χ4n) is 1.18. The molecular weight excluding hydrogens is 202 g/mol. The fraction of sp³-hybridized carbons (Fsp3) is 0.400. The fourth-order valence-corrected chi connectivity index (χ4v) is 1.27. The highest BCUT2D eigenvalue weighted by Crippen LogP contribution is 2.24. The molecule has 0 spiro atoms. The van der Waals surface area contributed by atoms with Crippen molar-refractivity contribution in [2.45, 2.75) is 6.54 Å². The largest absolute Gasteiger partial charge is 0.497 e. The Kier molecular flexibility index (Phi) is 4.56. The van der Waals surface area contributed by atoms with Gasteiger partial charge < -0.3 is 9.47 Å². The van der Waals surface area contributed by atoms with Gasteiger partial charge in [-0.3, -0.25) is 5.32 Å². The molecule has 0 heterocycles. The van der Waals surface area contributed by atoms with E-state index in [1.54, 1.807) is 14.2 Å². The van der Waals surface area contributed by atoms with E-state index in [4.69, 9.17) is 21.1 Å². The minimum atomic E-state index is 0.426. The van der Waals surface area contributed by atoms with E-state index in [2.05, 4.69) is 5.32 Å². The van der Waals surface area contributed by atoms with Crippen molar-refractivity contribution in [2.75, 3.05) is 20.2 Å². The average molecular weight is 216 g/mol. The highest BCUT2D eigenvalue weighted by molar-refractivity contribution is 6.17. The van der Waals surface area contributed by atoms with Crippen molar-refractivity contribution in [2.24, 2.45) is 0 Å². The van der Waals surface area contributed by atoms with Crippen LogP contribution < -0.4 is 14.8 Å². The van der Waals surface area contributed by atoms with Gasteiger partial charge in [-0.15, -0.1) is 11.6 Å². The monoisotopic (exact) mass is 215 g/mol. The number of rotatable bonds is 5. The Balaban J connectivity index is 2.82. The molecule has 0 radical (unpaired) electrons. The van der Waals surface area contributed by atoms with E-state index in [1.807, 2.05) is 18.2 Å². The topological polar surface area (TPSA) is 30.5 Å². The first kappa shape index (κ1) is 11.1. The Morgan fingerprint density at radius 1 is 1.29 bits per heavy atom.